The number of hydrogen-bond donors (Lipinski definition) is 2. The van der Waals surface area contributed by atoms with Gasteiger partial charge in [0.15, 0.2) is 23.3 Å². The average molecular weight is 593 g/mol. The second-order valence-corrected chi connectivity index (χ2v) is 14.2. The molecular weight excluding hydrogens is 566 g/mol. The van der Waals surface area contributed by atoms with Crippen molar-refractivity contribution in [2.45, 2.75) is 43.2 Å². The molecule has 10 nitrogen and oxygen atoms in total. The molecule has 4 fully saturated rings. The summed E-state index contributed by atoms with van der Waals surface area (Å²) in [5.41, 5.74) is 0.404. The number of nitrogens with zero attached hydrogens (tertiary/aromatic N) is 2. The Morgan fingerprint density at radius 3 is 2.40 bits per heavy atom. The summed E-state index contributed by atoms with van der Waals surface area (Å²) in [7, 11) is -8.09. The zero-order valence-electron chi connectivity index (χ0n) is 21.3. The van der Waals surface area contributed by atoms with E-state index in [1.807, 2.05) is 0 Å². The number of carbonyl (C=O) groups excluding carboxylic acids is 2. The van der Waals surface area contributed by atoms with Crippen molar-refractivity contribution in [1.82, 2.24) is 4.90 Å². The Labute approximate surface area is 230 Å². The van der Waals surface area contributed by atoms with Gasteiger partial charge in [-0.15, -0.1) is 4.40 Å². The van der Waals surface area contributed by atoms with Gasteiger partial charge in [0.2, 0.25) is 15.9 Å². The summed E-state index contributed by atoms with van der Waals surface area (Å²) in [5.74, 6) is -5.42. The fourth-order valence-electron chi connectivity index (χ4n) is 6.74. The number of ketones is 1. The molecule has 2 bridgehead atoms. The van der Waals surface area contributed by atoms with Crippen LogP contribution in [0.3, 0.4) is 0 Å². The van der Waals surface area contributed by atoms with E-state index in [0.717, 1.165) is 50.1 Å². The summed E-state index contributed by atoms with van der Waals surface area (Å²) < 4.78 is 83.2. The molecule has 0 spiro atoms. The number of likely N-dealkylation sites (tertiary alicyclic amines) is 1. The van der Waals surface area contributed by atoms with Crippen LogP contribution in [-0.4, -0.2) is 51.6 Å². The fraction of sp³-hybridized carbons (Fsp3) is 0.423. The number of anilines is 2. The number of sulfonamides is 2. The number of halogens is 2. The van der Waals surface area contributed by atoms with Gasteiger partial charge in [0.1, 0.15) is 10.7 Å². The van der Waals surface area contributed by atoms with Crippen molar-refractivity contribution < 1.29 is 35.2 Å². The number of nitrogens with one attached hydrogen (secondary N) is 2. The van der Waals surface area contributed by atoms with Crippen LogP contribution in [0.15, 0.2) is 45.7 Å². The van der Waals surface area contributed by atoms with E-state index >= 15 is 0 Å². The van der Waals surface area contributed by atoms with E-state index in [-0.39, 0.29) is 40.5 Å². The minimum absolute atomic E-state index is 0.00821. The van der Waals surface area contributed by atoms with Gasteiger partial charge in [0.05, 0.1) is 11.9 Å². The Kier molecular flexibility index (Phi) is 6.26. The van der Waals surface area contributed by atoms with E-state index in [4.69, 9.17) is 0 Å². The number of rotatable bonds is 5. The van der Waals surface area contributed by atoms with Crippen LogP contribution in [-0.2, 0) is 36.2 Å². The predicted octanol–water partition coefficient (Wildman–Crippen LogP) is 2.88. The molecule has 2 aliphatic heterocycles. The van der Waals surface area contributed by atoms with Gasteiger partial charge in [-0.3, -0.25) is 14.3 Å². The second-order valence-electron chi connectivity index (χ2n) is 10.9. The van der Waals surface area contributed by atoms with Gasteiger partial charge in [-0.1, -0.05) is 6.07 Å². The molecule has 0 aromatic heterocycles. The number of carbonyl (C=O) groups is 2. The zero-order valence-corrected chi connectivity index (χ0v) is 22.9. The SMILES string of the molecule is CS(=O)(=O)Nc1ccc2c(c1)S(=O)(=O)N=C(C1C(=O)[C@@H]3C4CCC(CC4)[C@@H]3N(Cc3ccc(F)c(F)c3)C1=O)N2. The molecule has 2 N–H and O–H groups in total. The molecule has 1 amide bonds. The molecule has 0 radical (unpaired) electrons. The number of Topliss-reactive ketones (excluding diaryl/α,β-unsaturated/α-hetero) is 1. The normalized spacial score (nSPS) is 28.8. The highest BCUT2D eigenvalue weighted by Crippen LogP contribution is 2.51. The van der Waals surface area contributed by atoms with Crippen LogP contribution >= 0.6 is 0 Å². The van der Waals surface area contributed by atoms with Gasteiger partial charge < -0.3 is 10.2 Å². The first kappa shape index (κ1) is 26.8. The molecule has 2 aromatic rings. The first-order valence-corrected chi connectivity index (χ1v) is 16.2. The summed E-state index contributed by atoms with van der Waals surface area (Å²) in [5, 5.41) is 2.83. The smallest absolute Gasteiger partial charge is 0.286 e. The van der Waals surface area contributed by atoms with Gasteiger partial charge >= 0.3 is 0 Å². The third-order valence-electron chi connectivity index (χ3n) is 8.33. The molecule has 1 saturated heterocycles. The Balaban J connectivity index is 1.39. The predicted molar refractivity (Wildman–Crippen MR) is 141 cm³/mol. The lowest BCUT2D eigenvalue weighted by molar-refractivity contribution is -0.162. The minimum atomic E-state index is -4.42. The van der Waals surface area contributed by atoms with Crippen LogP contribution in [0.25, 0.3) is 0 Å². The lowest BCUT2D eigenvalue weighted by atomic mass is 9.57. The van der Waals surface area contributed by atoms with Crippen LogP contribution in [0.2, 0.25) is 0 Å². The molecule has 2 aromatic carbocycles. The summed E-state index contributed by atoms with van der Waals surface area (Å²) in [6, 6.07) is 6.74. The highest BCUT2D eigenvalue weighted by Gasteiger charge is 2.58. The molecule has 3 atom stereocenters. The zero-order chi connectivity index (χ0) is 28.6. The van der Waals surface area contributed by atoms with Crippen LogP contribution < -0.4 is 10.0 Å². The first-order chi connectivity index (χ1) is 18.8. The molecular formula is C26H26F2N4O6S2. The number of amides is 1. The standard InChI is InChI=1S/C26H26F2N4O6S2/c1-39(35,36)30-16-7-9-19-20(11-16)40(37,38)31-25(29-19)22-24(33)21-14-3-5-15(6-4-14)23(21)32(26(22)34)12-13-2-8-17(27)18(28)10-13/h2,7-11,14-15,21-23,30H,3-6,12H2,1H3,(H,29,31)/t14?,15?,21-,22?,23+/m1/s1. The average Bonchev–Trinajstić information content (AvgIpc) is 2.88. The van der Waals surface area contributed by atoms with Crippen LogP contribution in [0, 0.1) is 35.3 Å². The molecule has 1 unspecified atom stereocenters. The van der Waals surface area contributed by atoms with Crippen LogP contribution in [0.5, 0.6) is 0 Å². The van der Waals surface area contributed by atoms with Crippen molar-refractivity contribution in [3.63, 3.8) is 0 Å². The van der Waals surface area contributed by atoms with E-state index in [0.29, 0.717) is 5.56 Å². The molecule has 3 saturated carbocycles. The van der Waals surface area contributed by atoms with E-state index in [9.17, 15) is 35.2 Å². The maximum absolute atomic E-state index is 14.0. The van der Waals surface area contributed by atoms with Crippen molar-refractivity contribution in [1.29, 1.82) is 0 Å². The third-order valence-corrected chi connectivity index (χ3v) is 10.3. The largest absolute Gasteiger partial charge is 0.341 e. The Bertz CT molecular complexity index is 1690. The second kappa shape index (κ2) is 9.33. The lowest BCUT2D eigenvalue weighted by Gasteiger charge is -2.55. The molecule has 212 valence electrons. The van der Waals surface area contributed by atoms with Crippen molar-refractivity contribution in [3.8, 4) is 0 Å². The topological polar surface area (TPSA) is 142 Å². The van der Waals surface area contributed by atoms with Gasteiger partial charge in [-0.05, 0) is 73.4 Å². The highest BCUT2D eigenvalue weighted by molar-refractivity contribution is 7.92. The van der Waals surface area contributed by atoms with E-state index < -0.39 is 61.2 Å². The van der Waals surface area contributed by atoms with Crippen molar-refractivity contribution in [2.75, 3.05) is 16.3 Å². The maximum Gasteiger partial charge on any atom is 0.286 e. The lowest BCUT2D eigenvalue weighted by Crippen LogP contribution is -2.66. The Hall–Kier alpha value is -3.39. The van der Waals surface area contributed by atoms with E-state index in [1.54, 1.807) is 0 Å². The number of amidine groups is 1. The molecule has 2 heterocycles. The molecule has 3 aliphatic carbocycles. The fourth-order valence-corrected chi connectivity index (χ4v) is 8.48. The summed E-state index contributed by atoms with van der Waals surface area (Å²) in [4.78, 5) is 29.1. The Morgan fingerprint density at radius 2 is 1.73 bits per heavy atom. The highest BCUT2D eigenvalue weighted by atomic mass is 32.2. The molecule has 40 heavy (non-hydrogen) atoms. The van der Waals surface area contributed by atoms with Gasteiger partial charge in [-0.25, -0.2) is 17.2 Å². The summed E-state index contributed by atoms with van der Waals surface area (Å²) in [6.45, 7) is -0.0681. The maximum atomic E-state index is 14.0. The third kappa shape index (κ3) is 4.56. The van der Waals surface area contributed by atoms with E-state index in [2.05, 4.69) is 14.4 Å². The van der Waals surface area contributed by atoms with Crippen molar-refractivity contribution in [2.24, 2.45) is 28.1 Å². The molecule has 14 heteroatoms. The monoisotopic (exact) mass is 592 g/mol. The molecule has 5 aliphatic rings. The number of hydrogen-bond acceptors (Lipinski definition) is 7. The van der Waals surface area contributed by atoms with Crippen molar-refractivity contribution in [3.05, 3.63) is 53.6 Å². The van der Waals surface area contributed by atoms with Gasteiger partial charge in [0.25, 0.3) is 10.0 Å². The van der Waals surface area contributed by atoms with Gasteiger partial charge in [0, 0.05) is 24.2 Å². The number of piperidine rings is 1. The number of benzene rings is 2. The quantitative estimate of drug-likeness (QED) is 0.509. The number of fused-ring (bicyclic) bond motifs is 3. The minimum Gasteiger partial charge on any atom is -0.341 e. The van der Waals surface area contributed by atoms with E-state index in [1.165, 1.54) is 23.1 Å². The first-order valence-electron chi connectivity index (χ1n) is 12.8. The van der Waals surface area contributed by atoms with Crippen molar-refractivity contribution >= 4 is 48.9 Å². The Morgan fingerprint density at radius 1 is 1.02 bits per heavy atom. The van der Waals surface area contributed by atoms with Crippen LogP contribution in [0.4, 0.5) is 20.2 Å². The summed E-state index contributed by atoms with van der Waals surface area (Å²) in [6.07, 6.45) is 4.24. The molecule has 7 rings (SSSR count). The van der Waals surface area contributed by atoms with Crippen LogP contribution in [0.1, 0.15) is 31.2 Å². The van der Waals surface area contributed by atoms with Gasteiger partial charge in [-0.2, -0.15) is 8.42 Å². The summed E-state index contributed by atoms with van der Waals surface area (Å²) >= 11 is 0.